The van der Waals surface area contributed by atoms with Crippen molar-refractivity contribution in [2.75, 3.05) is 0 Å². The fourth-order valence-corrected chi connectivity index (χ4v) is 2.21. The summed E-state index contributed by atoms with van der Waals surface area (Å²) in [4.78, 5) is 0. The number of phenols is 1. The van der Waals surface area contributed by atoms with E-state index in [2.05, 4.69) is 22.6 Å². The van der Waals surface area contributed by atoms with Gasteiger partial charge in [-0.3, -0.25) is 0 Å². The minimum absolute atomic E-state index is 0.242. The van der Waals surface area contributed by atoms with Crippen LogP contribution in [-0.4, -0.2) is 23.4 Å². The van der Waals surface area contributed by atoms with Gasteiger partial charge < -0.3 is 14.4 Å². The summed E-state index contributed by atoms with van der Waals surface area (Å²) in [5.74, 6) is 0.242. The zero-order valence-electron chi connectivity index (χ0n) is 10.5. The van der Waals surface area contributed by atoms with Gasteiger partial charge in [-0.05, 0) is 56.4 Å². The molecule has 1 heterocycles. The van der Waals surface area contributed by atoms with Gasteiger partial charge in [-0.1, -0.05) is 12.1 Å². The van der Waals surface area contributed by atoms with E-state index in [4.69, 9.17) is 9.31 Å². The van der Waals surface area contributed by atoms with E-state index < -0.39 is 7.12 Å². The second-order valence-corrected chi connectivity index (χ2v) is 6.43. The third kappa shape index (κ3) is 2.20. The second kappa shape index (κ2) is 4.14. The Morgan fingerprint density at radius 2 is 1.65 bits per heavy atom. The lowest BCUT2D eigenvalue weighted by molar-refractivity contribution is 0.00578. The standard InChI is InChI=1S/C12H16BIO3/c1-11(2)12(3,4)17-13(16-11)8-6-5-7-9(14)10(8)15/h5-7,15H,1-4H3. The Hall–Kier alpha value is -0.265. The molecule has 0 aliphatic carbocycles. The molecule has 0 amide bonds. The van der Waals surface area contributed by atoms with Crippen LogP contribution in [0.2, 0.25) is 0 Å². The number of hydrogen-bond acceptors (Lipinski definition) is 3. The minimum atomic E-state index is -0.505. The zero-order valence-corrected chi connectivity index (χ0v) is 12.6. The normalized spacial score (nSPS) is 21.8. The van der Waals surface area contributed by atoms with Crippen LogP contribution in [0.4, 0.5) is 0 Å². The molecule has 0 radical (unpaired) electrons. The average molecular weight is 346 g/mol. The molecule has 1 aliphatic heterocycles. The topological polar surface area (TPSA) is 38.7 Å². The number of para-hydroxylation sites is 1. The molecule has 3 nitrogen and oxygen atoms in total. The van der Waals surface area contributed by atoms with Gasteiger partial charge in [-0.2, -0.15) is 0 Å². The highest BCUT2D eigenvalue weighted by Gasteiger charge is 2.52. The summed E-state index contributed by atoms with van der Waals surface area (Å²) < 4.78 is 12.6. The summed E-state index contributed by atoms with van der Waals surface area (Å²) in [6, 6.07) is 5.58. The maximum absolute atomic E-state index is 10.0. The molecular formula is C12H16BIO3. The predicted octanol–water partition coefficient (Wildman–Crippen LogP) is 2.30. The maximum atomic E-state index is 10.0. The van der Waals surface area contributed by atoms with Gasteiger partial charge in [0.25, 0.3) is 0 Å². The zero-order chi connectivity index (χ0) is 12.8. The number of hydrogen-bond donors (Lipinski definition) is 1. The van der Waals surface area contributed by atoms with Crippen LogP contribution in [0.25, 0.3) is 0 Å². The van der Waals surface area contributed by atoms with Gasteiger partial charge in [0.05, 0.1) is 14.8 Å². The number of phenolic OH excluding ortho intramolecular Hbond substituents is 1. The molecule has 0 aromatic heterocycles. The van der Waals surface area contributed by atoms with E-state index in [0.29, 0.717) is 5.46 Å². The fraction of sp³-hybridized carbons (Fsp3) is 0.500. The van der Waals surface area contributed by atoms with Crippen molar-refractivity contribution in [3.8, 4) is 5.75 Å². The lowest BCUT2D eigenvalue weighted by Crippen LogP contribution is -2.41. The number of aromatic hydroxyl groups is 1. The number of benzene rings is 1. The van der Waals surface area contributed by atoms with Crippen LogP contribution in [-0.2, 0) is 9.31 Å². The molecule has 92 valence electrons. The molecule has 5 heteroatoms. The first-order valence-corrected chi connectivity index (χ1v) is 6.65. The van der Waals surface area contributed by atoms with Crippen LogP contribution in [0.15, 0.2) is 18.2 Å². The summed E-state index contributed by atoms with van der Waals surface area (Å²) >= 11 is 2.09. The monoisotopic (exact) mass is 346 g/mol. The van der Waals surface area contributed by atoms with Crippen molar-refractivity contribution in [1.82, 2.24) is 0 Å². The Morgan fingerprint density at radius 1 is 1.12 bits per heavy atom. The van der Waals surface area contributed by atoms with E-state index in [1.807, 2.05) is 45.9 Å². The van der Waals surface area contributed by atoms with E-state index in [1.54, 1.807) is 0 Å². The van der Waals surface area contributed by atoms with Crippen molar-refractivity contribution < 1.29 is 14.4 Å². The molecule has 1 aromatic carbocycles. The molecule has 0 unspecified atom stereocenters. The van der Waals surface area contributed by atoms with Crippen LogP contribution in [0.3, 0.4) is 0 Å². The molecule has 0 atom stereocenters. The molecular weight excluding hydrogens is 330 g/mol. The Labute approximate surface area is 116 Å². The highest BCUT2D eigenvalue weighted by atomic mass is 127. The van der Waals surface area contributed by atoms with Crippen LogP contribution >= 0.6 is 22.6 Å². The van der Waals surface area contributed by atoms with Crippen LogP contribution in [0, 0.1) is 3.57 Å². The van der Waals surface area contributed by atoms with Crippen molar-refractivity contribution in [3.63, 3.8) is 0 Å². The van der Waals surface area contributed by atoms with Crippen molar-refractivity contribution in [2.24, 2.45) is 0 Å². The van der Waals surface area contributed by atoms with Crippen molar-refractivity contribution in [2.45, 2.75) is 38.9 Å². The van der Waals surface area contributed by atoms with Gasteiger partial charge in [0.2, 0.25) is 0 Å². The summed E-state index contributed by atoms with van der Waals surface area (Å²) in [6.45, 7) is 7.99. The van der Waals surface area contributed by atoms with Gasteiger partial charge in [-0.15, -0.1) is 0 Å². The molecule has 1 N–H and O–H groups in total. The lowest BCUT2D eigenvalue weighted by Gasteiger charge is -2.32. The fourth-order valence-electron chi connectivity index (χ4n) is 1.69. The Kier molecular flexibility index (Phi) is 3.21. The van der Waals surface area contributed by atoms with Crippen molar-refractivity contribution in [1.29, 1.82) is 0 Å². The number of halogens is 1. The highest BCUT2D eigenvalue weighted by molar-refractivity contribution is 14.1. The average Bonchev–Trinajstić information content (AvgIpc) is 2.40. The third-order valence-electron chi connectivity index (χ3n) is 3.53. The smallest absolute Gasteiger partial charge is 0.498 e. The maximum Gasteiger partial charge on any atom is 0.498 e. The summed E-state index contributed by atoms with van der Waals surface area (Å²) in [5.41, 5.74) is -0.0768. The van der Waals surface area contributed by atoms with E-state index in [-0.39, 0.29) is 17.0 Å². The first-order valence-electron chi connectivity index (χ1n) is 5.57. The van der Waals surface area contributed by atoms with E-state index in [9.17, 15) is 5.11 Å². The van der Waals surface area contributed by atoms with Gasteiger partial charge in [0.1, 0.15) is 5.75 Å². The summed E-state index contributed by atoms with van der Waals surface area (Å²) in [5, 5.41) is 10.0. The molecule has 0 spiro atoms. The SMILES string of the molecule is CC1(C)OB(c2cccc(I)c2O)OC1(C)C. The van der Waals surface area contributed by atoms with Crippen LogP contribution in [0.1, 0.15) is 27.7 Å². The molecule has 0 saturated carbocycles. The molecule has 1 aliphatic rings. The molecule has 1 aromatic rings. The molecule has 1 saturated heterocycles. The van der Waals surface area contributed by atoms with Gasteiger partial charge in [0, 0.05) is 5.46 Å². The van der Waals surface area contributed by atoms with E-state index >= 15 is 0 Å². The predicted molar refractivity (Wildman–Crippen MR) is 76.5 cm³/mol. The van der Waals surface area contributed by atoms with Crippen LogP contribution in [0.5, 0.6) is 5.75 Å². The van der Waals surface area contributed by atoms with Crippen molar-refractivity contribution in [3.05, 3.63) is 21.8 Å². The Bertz CT molecular complexity index is 429. The van der Waals surface area contributed by atoms with Crippen molar-refractivity contribution >= 4 is 35.2 Å². The molecule has 2 rings (SSSR count). The first-order chi connectivity index (χ1) is 7.74. The quantitative estimate of drug-likeness (QED) is 0.627. The minimum Gasteiger partial charge on any atom is -0.507 e. The highest BCUT2D eigenvalue weighted by Crippen LogP contribution is 2.37. The van der Waals surface area contributed by atoms with E-state index in [0.717, 1.165) is 3.57 Å². The Morgan fingerprint density at radius 3 is 2.18 bits per heavy atom. The molecule has 1 fully saturated rings. The number of rotatable bonds is 1. The lowest BCUT2D eigenvalue weighted by atomic mass is 9.78. The molecule has 0 bridgehead atoms. The van der Waals surface area contributed by atoms with Gasteiger partial charge >= 0.3 is 7.12 Å². The van der Waals surface area contributed by atoms with Crippen LogP contribution < -0.4 is 5.46 Å². The molecule has 17 heavy (non-hydrogen) atoms. The Balaban J connectivity index is 2.36. The van der Waals surface area contributed by atoms with Gasteiger partial charge in [0.15, 0.2) is 0 Å². The van der Waals surface area contributed by atoms with Gasteiger partial charge in [-0.25, -0.2) is 0 Å². The second-order valence-electron chi connectivity index (χ2n) is 5.27. The summed E-state index contributed by atoms with van der Waals surface area (Å²) in [7, 11) is -0.505. The third-order valence-corrected chi connectivity index (χ3v) is 4.40. The summed E-state index contributed by atoms with van der Waals surface area (Å²) in [6.07, 6.45) is 0. The largest absolute Gasteiger partial charge is 0.507 e. The first kappa shape index (κ1) is 13.2. The van der Waals surface area contributed by atoms with E-state index in [1.165, 1.54) is 0 Å².